The van der Waals surface area contributed by atoms with Crippen molar-refractivity contribution < 1.29 is 46.5 Å². The first-order valence-corrected chi connectivity index (χ1v) is 8.49. The summed E-state index contributed by atoms with van der Waals surface area (Å²) in [5.74, 6) is -12.5. The largest absolute Gasteiger partial charge is 0.481 e. The van der Waals surface area contributed by atoms with E-state index in [9.17, 15) is 31.9 Å². The highest BCUT2D eigenvalue weighted by molar-refractivity contribution is 5.93. The van der Waals surface area contributed by atoms with Crippen LogP contribution in [0.5, 0.6) is 5.75 Å². The smallest absolute Gasteiger partial charge is 0.305 e. The highest BCUT2D eigenvalue weighted by atomic mass is 19.2. The van der Waals surface area contributed by atoms with Gasteiger partial charge in [-0.15, -0.1) is 0 Å². The van der Waals surface area contributed by atoms with Crippen molar-refractivity contribution in [3.63, 3.8) is 0 Å². The van der Waals surface area contributed by atoms with Crippen molar-refractivity contribution in [3.05, 3.63) is 29.3 Å². The molecule has 1 fully saturated rings. The highest BCUT2D eigenvalue weighted by Gasteiger charge is 2.29. The van der Waals surface area contributed by atoms with Gasteiger partial charge in [-0.2, -0.15) is 8.78 Å². The van der Waals surface area contributed by atoms with Gasteiger partial charge in [-0.1, -0.05) is 0 Å². The van der Waals surface area contributed by atoms with Crippen molar-refractivity contribution in [1.82, 2.24) is 10.6 Å². The number of nitrogens with one attached hydrogen (secondary N) is 2. The van der Waals surface area contributed by atoms with Crippen LogP contribution in [-0.4, -0.2) is 61.7 Å². The van der Waals surface area contributed by atoms with E-state index in [1.165, 1.54) is 0 Å². The molecule has 1 aromatic carbocycles. The van der Waals surface area contributed by atoms with Crippen molar-refractivity contribution in [1.29, 1.82) is 0 Å². The van der Waals surface area contributed by atoms with E-state index in [1.54, 1.807) is 0 Å². The first kappa shape index (κ1) is 22.6. The summed E-state index contributed by atoms with van der Waals surface area (Å²) < 4.78 is 63.3. The summed E-state index contributed by atoms with van der Waals surface area (Å²) in [6.07, 6.45) is -0.836. The van der Waals surface area contributed by atoms with Crippen LogP contribution in [0.25, 0.3) is 0 Å². The molecule has 0 bridgehead atoms. The van der Waals surface area contributed by atoms with Crippen LogP contribution in [0.2, 0.25) is 0 Å². The van der Waals surface area contributed by atoms with Crippen LogP contribution in [0.1, 0.15) is 6.42 Å². The van der Waals surface area contributed by atoms with Crippen molar-refractivity contribution in [2.75, 3.05) is 32.9 Å². The van der Waals surface area contributed by atoms with Gasteiger partial charge in [-0.25, -0.2) is 8.78 Å². The van der Waals surface area contributed by atoms with Crippen LogP contribution in [0.3, 0.4) is 0 Å². The third-order valence-electron chi connectivity index (χ3n) is 4.02. The van der Waals surface area contributed by atoms with Gasteiger partial charge in [0.15, 0.2) is 23.2 Å². The number of carbonyl (C=O) groups excluding carboxylic acids is 2. The van der Waals surface area contributed by atoms with Crippen LogP contribution >= 0.6 is 0 Å². The summed E-state index contributed by atoms with van der Waals surface area (Å²) in [7, 11) is 0. The molecule has 1 amide bonds. The zero-order valence-electron chi connectivity index (χ0n) is 15.0. The minimum atomic E-state index is -1.85. The van der Waals surface area contributed by atoms with Crippen LogP contribution < -0.4 is 15.4 Å². The van der Waals surface area contributed by atoms with Crippen LogP contribution in [-0.2, 0) is 19.1 Å². The van der Waals surface area contributed by atoms with E-state index >= 15 is 0 Å². The van der Waals surface area contributed by atoms with E-state index in [-0.39, 0.29) is 19.2 Å². The first-order chi connectivity index (χ1) is 13.7. The molecule has 1 saturated heterocycles. The Hall–Kier alpha value is -2.73. The highest BCUT2D eigenvalue weighted by Crippen LogP contribution is 2.26. The number of hydrogen-bond acceptors (Lipinski definition) is 6. The number of ether oxygens (including phenoxy) is 2. The number of carbonyl (C=O) groups is 3. The van der Waals surface area contributed by atoms with E-state index < -0.39 is 71.7 Å². The Kier molecular flexibility index (Phi) is 7.91. The first-order valence-electron chi connectivity index (χ1n) is 8.49. The van der Waals surface area contributed by atoms with Gasteiger partial charge >= 0.3 is 5.97 Å². The molecule has 29 heavy (non-hydrogen) atoms. The maximum atomic E-state index is 13.6. The lowest BCUT2D eigenvalue weighted by atomic mass is 10.1. The van der Waals surface area contributed by atoms with E-state index in [4.69, 9.17) is 9.84 Å². The second-order valence-corrected chi connectivity index (χ2v) is 6.19. The molecule has 1 aliphatic rings. The molecule has 0 aromatic heterocycles. The van der Waals surface area contributed by atoms with Gasteiger partial charge in [0.25, 0.3) is 0 Å². The Morgan fingerprint density at radius 3 is 2.52 bits per heavy atom. The molecular formula is C17H18F4N2O6. The predicted octanol–water partition coefficient (Wildman–Crippen LogP) is 0.386. The van der Waals surface area contributed by atoms with Crippen molar-refractivity contribution in [3.8, 4) is 5.75 Å². The van der Waals surface area contributed by atoms with Crippen molar-refractivity contribution >= 4 is 17.7 Å². The molecule has 3 N–H and O–H groups in total. The molecule has 0 radical (unpaired) electrons. The number of aliphatic carboxylic acids is 1. The maximum Gasteiger partial charge on any atom is 0.305 e. The van der Waals surface area contributed by atoms with Gasteiger partial charge in [0.2, 0.25) is 17.5 Å². The third-order valence-corrected chi connectivity index (χ3v) is 4.02. The van der Waals surface area contributed by atoms with Gasteiger partial charge in [0.05, 0.1) is 25.6 Å². The SMILES string of the molecule is O=C(O)CC(NC(=O)C1CNCCOC1)C(=O)COc1c(F)c(F)cc(F)c1F. The Bertz CT molecular complexity index is 757. The molecule has 2 rings (SSSR count). The molecule has 0 aliphatic carbocycles. The van der Waals surface area contributed by atoms with Crippen LogP contribution in [0.4, 0.5) is 17.6 Å². The number of hydrogen-bond donors (Lipinski definition) is 3. The molecule has 1 aliphatic heterocycles. The minimum absolute atomic E-state index is 0.0321. The maximum absolute atomic E-state index is 13.6. The van der Waals surface area contributed by atoms with Gasteiger partial charge in [-0.3, -0.25) is 14.4 Å². The second kappa shape index (κ2) is 10.2. The number of carboxylic acid groups (broad SMARTS) is 1. The fourth-order valence-electron chi connectivity index (χ4n) is 2.50. The molecule has 12 heteroatoms. The summed E-state index contributed by atoms with van der Waals surface area (Å²) in [4.78, 5) is 35.5. The van der Waals surface area contributed by atoms with Gasteiger partial charge in [-0.05, 0) is 0 Å². The lowest BCUT2D eigenvalue weighted by Gasteiger charge is -2.20. The molecule has 160 valence electrons. The molecule has 0 spiro atoms. The molecular weight excluding hydrogens is 404 g/mol. The number of rotatable bonds is 8. The summed E-state index contributed by atoms with van der Waals surface area (Å²) in [5, 5.41) is 14.1. The van der Waals surface area contributed by atoms with Crippen molar-refractivity contribution in [2.45, 2.75) is 12.5 Å². The number of benzene rings is 1. The van der Waals surface area contributed by atoms with Crippen LogP contribution in [0.15, 0.2) is 6.07 Å². The standard InChI is InChI=1S/C17H18F4N2O6/c18-9-3-10(19)15(21)16(14(9)20)29-7-12(24)11(4-13(25)26)23-17(27)8-5-22-1-2-28-6-8/h3,8,11,22H,1-2,4-7H2,(H,23,27)(H,25,26). The van der Waals surface area contributed by atoms with Crippen molar-refractivity contribution in [2.24, 2.45) is 5.92 Å². The summed E-state index contributed by atoms with van der Waals surface area (Å²) in [6.45, 7) is 0.0266. The van der Waals surface area contributed by atoms with Gasteiger partial charge < -0.3 is 25.2 Å². The Morgan fingerprint density at radius 2 is 1.90 bits per heavy atom. The van der Waals surface area contributed by atoms with Gasteiger partial charge in [0, 0.05) is 19.2 Å². The number of ketones is 1. The van der Waals surface area contributed by atoms with E-state index in [0.29, 0.717) is 13.2 Å². The quantitative estimate of drug-likeness (QED) is 0.410. The zero-order chi connectivity index (χ0) is 21.6. The average molecular weight is 422 g/mol. The molecule has 2 unspecified atom stereocenters. The Balaban J connectivity index is 2.07. The fourth-order valence-corrected chi connectivity index (χ4v) is 2.50. The molecule has 2 atom stereocenters. The van der Waals surface area contributed by atoms with E-state index in [0.717, 1.165) is 0 Å². The average Bonchev–Trinajstić information content (AvgIpc) is 2.95. The number of amides is 1. The Morgan fingerprint density at radius 1 is 1.24 bits per heavy atom. The predicted molar refractivity (Wildman–Crippen MR) is 88.1 cm³/mol. The third kappa shape index (κ3) is 6.12. The normalized spacial score (nSPS) is 17.9. The minimum Gasteiger partial charge on any atom is -0.481 e. The molecule has 0 saturated carbocycles. The number of halogens is 4. The molecule has 1 aromatic rings. The van der Waals surface area contributed by atoms with Gasteiger partial charge in [0.1, 0.15) is 12.6 Å². The molecule has 1 heterocycles. The lowest BCUT2D eigenvalue weighted by Crippen LogP contribution is -2.48. The fraction of sp³-hybridized carbons (Fsp3) is 0.471. The summed E-state index contributed by atoms with van der Waals surface area (Å²) in [6, 6.07) is -1.62. The molecule has 8 nitrogen and oxygen atoms in total. The van der Waals surface area contributed by atoms with Crippen LogP contribution in [0, 0.1) is 29.2 Å². The zero-order valence-corrected chi connectivity index (χ0v) is 15.0. The summed E-state index contributed by atoms with van der Waals surface area (Å²) >= 11 is 0. The van der Waals surface area contributed by atoms with E-state index in [2.05, 4.69) is 15.4 Å². The number of carboxylic acids is 1. The monoisotopic (exact) mass is 422 g/mol. The lowest BCUT2D eigenvalue weighted by molar-refractivity contribution is -0.141. The second-order valence-electron chi connectivity index (χ2n) is 6.19. The topological polar surface area (TPSA) is 114 Å². The number of Topliss-reactive ketones (excluding diaryl/α,β-unsaturated/α-hetero) is 1. The van der Waals surface area contributed by atoms with E-state index in [1.807, 2.05) is 0 Å². The Labute approximate surface area is 162 Å². The summed E-state index contributed by atoms with van der Waals surface area (Å²) in [5.41, 5.74) is 0.